The van der Waals surface area contributed by atoms with Crippen LogP contribution in [0.15, 0.2) is 78.0 Å². The molecule has 3 aromatic rings. The van der Waals surface area contributed by atoms with Crippen LogP contribution in [-0.4, -0.2) is 30.0 Å². The van der Waals surface area contributed by atoms with E-state index in [0.717, 1.165) is 41.7 Å². The third-order valence-corrected chi connectivity index (χ3v) is 5.44. The molecule has 0 amide bonds. The summed E-state index contributed by atoms with van der Waals surface area (Å²) in [4.78, 5) is 16.6. The SMILES string of the molecule is CCCC/C(=N\OCCOc1cccc(CC(=O)O)c1C)c1ccc(-c2ccccc2)cc1. The quantitative estimate of drug-likeness (QED) is 0.202. The minimum absolute atomic E-state index is 0.0202. The lowest BCUT2D eigenvalue weighted by atomic mass is 10.00. The topological polar surface area (TPSA) is 68.1 Å². The molecule has 0 aliphatic heterocycles. The molecule has 0 aromatic heterocycles. The Labute approximate surface area is 195 Å². The second kappa shape index (κ2) is 12.4. The number of oxime groups is 1. The molecule has 0 spiro atoms. The van der Waals surface area contributed by atoms with Crippen LogP contribution in [0.5, 0.6) is 5.75 Å². The van der Waals surface area contributed by atoms with Gasteiger partial charge in [-0.3, -0.25) is 4.79 Å². The molecule has 33 heavy (non-hydrogen) atoms. The number of hydrogen-bond acceptors (Lipinski definition) is 4. The van der Waals surface area contributed by atoms with Gasteiger partial charge >= 0.3 is 5.97 Å². The van der Waals surface area contributed by atoms with Gasteiger partial charge in [0.2, 0.25) is 0 Å². The Bertz CT molecular complexity index is 1060. The third kappa shape index (κ3) is 7.21. The highest BCUT2D eigenvalue weighted by molar-refractivity contribution is 6.00. The highest BCUT2D eigenvalue weighted by Gasteiger charge is 2.09. The number of aliphatic carboxylic acids is 1. The summed E-state index contributed by atoms with van der Waals surface area (Å²) in [7, 11) is 0. The first kappa shape index (κ1) is 24.1. The van der Waals surface area contributed by atoms with Crippen molar-refractivity contribution in [2.24, 2.45) is 5.16 Å². The summed E-state index contributed by atoms with van der Waals surface area (Å²) in [6.07, 6.45) is 2.94. The molecule has 172 valence electrons. The molecule has 0 aliphatic rings. The van der Waals surface area contributed by atoms with Crippen molar-refractivity contribution in [3.8, 4) is 16.9 Å². The summed E-state index contributed by atoms with van der Waals surface area (Å²) < 4.78 is 5.81. The van der Waals surface area contributed by atoms with Gasteiger partial charge in [0.05, 0.1) is 12.1 Å². The van der Waals surface area contributed by atoms with Gasteiger partial charge in [-0.2, -0.15) is 0 Å². The van der Waals surface area contributed by atoms with E-state index in [1.165, 1.54) is 11.1 Å². The molecule has 3 rings (SSSR count). The standard InChI is InChI=1S/C28H31NO4/c1-3-4-12-26(24-16-14-23(15-17-24)22-9-6-5-7-10-22)29-33-19-18-32-27-13-8-11-25(21(27)2)20-28(30)31/h5-11,13-17H,3-4,12,18-20H2,1-2H3,(H,30,31)/b29-26+. The van der Waals surface area contributed by atoms with Crippen molar-refractivity contribution in [2.75, 3.05) is 13.2 Å². The van der Waals surface area contributed by atoms with Crippen LogP contribution in [0.1, 0.15) is 42.9 Å². The number of carboxylic acids is 1. The zero-order chi connectivity index (χ0) is 23.5. The van der Waals surface area contributed by atoms with E-state index in [4.69, 9.17) is 14.7 Å². The maximum Gasteiger partial charge on any atom is 0.307 e. The summed E-state index contributed by atoms with van der Waals surface area (Å²) in [5.74, 6) is -0.187. The zero-order valence-corrected chi connectivity index (χ0v) is 19.3. The Balaban J connectivity index is 1.59. The number of carbonyl (C=O) groups is 1. The number of ether oxygens (including phenoxy) is 1. The van der Waals surface area contributed by atoms with E-state index in [1.54, 1.807) is 6.07 Å². The monoisotopic (exact) mass is 445 g/mol. The van der Waals surface area contributed by atoms with Gasteiger partial charge in [0.1, 0.15) is 12.4 Å². The van der Waals surface area contributed by atoms with Gasteiger partial charge in [-0.05, 0) is 53.6 Å². The Hall–Kier alpha value is -3.60. The normalized spacial score (nSPS) is 11.3. The average Bonchev–Trinajstić information content (AvgIpc) is 2.83. The number of benzene rings is 3. The van der Waals surface area contributed by atoms with Gasteiger partial charge in [0.25, 0.3) is 0 Å². The first-order valence-electron chi connectivity index (χ1n) is 11.4. The van der Waals surface area contributed by atoms with Crippen molar-refractivity contribution in [3.63, 3.8) is 0 Å². The number of nitrogens with zero attached hydrogens (tertiary/aromatic N) is 1. The maximum atomic E-state index is 11.0. The van der Waals surface area contributed by atoms with Gasteiger partial charge < -0.3 is 14.7 Å². The van der Waals surface area contributed by atoms with Crippen molar-refractivity contribution in [1.82, 2.24) is 0 Å². The molecule has 0 unspecified atom stereocenters. The molecular weight excluding hydrogens is 414 g/mol. The van der Waals surface area contributed by atoms with Gasteiger partial charge in [-0.25, -0.2) is 0 Å². The van der Waals surface area contributed by atoms with Crippen LogP contribution in [0.3, 0.4) is 0 Å². The van der Waals surface area contributed by atoms with Crippen molar-refractivity contribution >= 4 is 11.7 Å². The summed E-state index contributed by atoms with van der Waals surface area (Å²) in [6, 6.07) is 24.2. The molecule has 5 heteroatoms. The molecule has 0 bridgehead atoms. The third-order valence-electron chi connectivity index (χ3n) is 5.44. The van der Waals surface area contributed by atoms with Crippen LogP contribution >= 0.6 is 0 Å². The summed E-state index contributed by atoms with van der Waals surface area (Å²) >= 11 is 0. The lowest BCUT2D eigenvalue weighted by Crippen LogP contribution is -2.09. The Kier molecular flexibility index (Phi) is 9.07. The molecule has 0 aliphatic carbocycles. The smallest absolute Gasteiger partial charge is 0.307 e. The molecule has 3 aromatic carbocycles. The van der Waals surface area contributed by atoms with E-state index in [-0.39, 0.29) is 6.42 Å². The van der Waals surface area contributed by atoms with Crippen LogP contribution in [0.25, 0.3) is 11.1 Å². The van der Waals surface area contributed by atoms with E-state index in [9.17, 15) is 4.79 Å². The first-order chi connectivity index (χ1) is 16.1. The van der Waals surface area contributed by atoms with Crippen LogP contribution in [0, 0.1) is 6.92 Å². The second-order valence-corrected chi connectivity index (χ2v) is 7.88. The maximum absolute atomic E-state index is 11.0. The molecule has 0 atom stereocenters. The fraction of sp³-hybridized carbons (Fsp3) is 0.286. The largest absolute Gasteiger partial charge is 0.490 e. The number of carboxylic acid groups (broad SMARTS) is 1. The Morgan fingerprint density at radius 1 is 0.909 bits per heavy atom. The van der Waals surface area contributed by atoms with Gasteiger partial charge in [-0.15, -0.1) is 0 Å². The van der Waals surface area contributed by atoms with Crippen LogP contribution in [-0.2, 0) is 16.1 Å². The lowest BCUT2D eigenvalue weighted by Gasteiger charge is -2.12. The molecule has 5 nitrogen and oxygen atoms in total. The van der Waals surface area contributed by atoms with Crippen LogP contribution < -0.4 is 4.74 Å². The minimum Gasteiger partial charge on any atom is -0.490 e. The fourth-order valence-electron chi connectivity index (χ4n) is 3.56. The molecule has 0 radical (unpaired) electrons. The molecule has 0 heterocycles. The molecule has 0 saturated heterocycles. The molecule has 0 saturated carbocycles. The highest BCUT2D eigenvalue weighted by Crippen LogP contribution is 2.22. The van der Waals surface area contributed by atoms with Gasteiger partial charge in [0.15, 0.2) is 6.61 Å². The van der Waals surface area contributed by atoms with E-state index in [1.807, 2.05) is 37.3 Å². The van der Waals surface area contributed by atoms with E-state index in [0.29, 0.717) is 19.0 Å². The van der Waals surface area contributed by atoms with E-state index >= 15 is 0 Å². The summed E-state index contributed by atoms with van der Waals surface area (Å²) in [5, 5.41) is 13.4. The van der Waals surface area contributed by atoms with Crippen LogP contribution in [0.4, 0.5) is 0 Å². The number of unbranched alkanes of at least 4 members (excludes halogenated alkanes) is 1. The average molecular weight is 446 g/mol. The van der Waals surface area contributed by atoms with Crippen molar-refractivity contribution in [1.29, 1.82) is 0 Å². The predicted molar refractivity (Wildman–Crippen MR) is 132 cm³/mol. The zero-order valence-electron chi connectivity index (χ0n) is 19.3. The fourth-order valence-corrected chi connectivity index (χ4v) is 3.56. The lowest BCUT2D eigenvalue weighted by molar-refractivity contribution is -0.136. The Morgan fingerprint density at radius 3 is 2.33 bits per heavy atom. The molecule has 1 N–H and O–H groups in total. The first-order valence-corrected chi connectivity index (χ1v) is 11.4. The Morgan fingerprint density at radius 2 is 1.64 bits per heavy atom. The van der Waals surface area contributed by atoms with E-state index in [2.05, 4.69) is 48.5 Å². The predicted octanol–water partition coefficient (Wildman–Crippen LogP) is 6.28. The van der Waals surface area contributed by atoms with Crippen molar-refractivity contribution < 1.29 is 19.5 Å². The number of hydrogen-bond donors (Lipinski definition) is 1. The highest BCUT2D eigenvalue weighted by atomic mass is 16.6. The summed E-state index contributed by atoms with van der Waals surface area (Å²) in [5.41, 5.74) is 5.93. The van der Waals surface area contributed by atoms with Crippen molar-refractivity contribution in [2.45, 2.75) is 39.5 Å². The molecular formula is C28H31NO4. The van der Waals surface area contributed by atoms with Gasteiger partial charge in [-0.1, -0.05) is 85.2 Å². The van der Waals surface area contributed by atoms with Gasteiger partial charge in [0, 0.05) is 0 Å². The summed E-state index contributed by atoms with van der Waals surface area (Å²) in [6.45, 7) is 4.66. The number of rotatable bonds is 12. The van der Waals surface area contributed by atoms with Crippen molar-refractivity contribution in [3.05, 3.63) is 89.5 Å². The molecule has 0 fully saturated rings. The van der Waals surface area contributed by atoms with Crippen LogP contribution in [0.2, 0.25) is 0 Å². The second-order valence-electron chi connectivity index (χ2n) is 7.88. The minimum atomic E-state index is -0.857. The van der Waals surface area contributed by atoms with E-state index < -0.39 is 5.97 Å².